The first-order valence-electron chi connectivity index (χ1n) is 8.74. The fourth-order valence-electron chi connectivity index (χ4n) is 2.55. The number of rotatable bonds is 8. The maximum atomic E-state index is 12.2. The SMILES string of the molecule is C[C@@H]([NH2+]CC(=O)Nc1cccc(S(=O)(=O)N(C)C)c1)[C@@H](O)c1ccc(O)cc1. The third-order valence-corrected chi connectivity index (χ3v) is 6.12. The van der Waals surface area contributed by atoms with Crippen molar-refractivity contribution in [1.29, 1.82) is 0 Å². The molecule has 0 radical (unpaired) electrons. The Labute approximate surface area is 164 Å². The van der Waals surface area contributed by atoms with E-state index >= 15 is 0 Å². The van der Waals surface area contributed by atoms with E-state index < -0.39 is 16.1 Å². The van der Waals surface area contributed by atoms with E-state index in [1.807, 2.05) is 0 Å². The number of anilines is 1. The maximum Gasteiger partial charge on any atom is 0.279 e. The van der Waals surface area contributed by atoms with Crippen molar-refractivity contribution in [2.75, 3.05) is 26.0 Å². The van der Waals surface area contributed by atoms with Gasteiger partial charge in [-0.1, -0.05) is 18.2 Å². The molecule has 0 aromatic heterocycles. The number of hydrogen-bond donors (Lipinski definition) is 4. The summed E-state index contributed by atoms with van der Waals surface area (Å²) in [6.07, 6.45) is -0.804. The van der Waals surface area contributed by atoms with Crippen LogP contribution in [0.25, 0.3) is 0 Å². The van der Waals surface area contributed by atoms with Crippen LogP contribution in [0.2, 0.25) is 0 Å². The fourth-order valence-corrected chi connectivity index (χ4v) is 3.50. The van der Waals surface area contributed by atoms with Crippen molar-refractivity contribution in [2.24, 2.45) is 0 Å². The lowest BCUT2D eigenvalue weighted by atomic mass is 10.0. The van der Waals surface area contributed by atoms with E-state index in [0.29, 0.717) is 11.3 Å². The van der Waals surface area contributed by atoms with E-state index in [4.69, 9.17) is 0 Å². The van der Waals surface area contributed by atoms with Gasteiger partial charge in [0.1, 0.15) is 17.9 Å². The minimum atomic E-state index is -3.58. The summed E-state index contributed by atoms with van der Waals surface area (Å²) in [6.45, 7) is 1.84. The van der Waals surface area contributed by atoms with Gasteiger partial charge in [-0.15, -0.1) is 0 Å². The summed E-state index contributed by atoms with van der Waals surface area (Å²) in [4.78, 5) is 12.3. The molecule has 0 aliphatic carbocycles. The lowest BCUT2D eigenvalue weighted by molar-refractivity contribution is -0.684. The summed E-state index contributed by atoms with van der Waals surface area (Å²) < 4.78 is 25.5. The number of quaternary nitrogens is 1. The number of carbonyl (C=O) groups is 1. The van der Waals surface area contributed by atoms with Crippen molar-refractivity contribution in [2.45, 2.75) is 24.0 Å². The summed E-state index contributed by atoms with van der Waals surface area (Å²) in [5.41, 5.74) is 1.02. The van der Waals surface area contributed by atoms with Crippen LogP contribution < -0.4 is 10.6 Å². The van der Waals surface area contributed by atoms with Gasteiger partial charge in [0, 0.05) is 19.8 Å². The highest BCUT2D eigenvalue weighted by Gasteiger charge is 2.21. The van der Waals surface area contributed by atoms with Crippen molar-refractivity contribution >= 4 is 21.6 Å². The van der Waals surface area contributed by atoms with Crippen molar-refractivity contribution in [3.63, 3.8) is 0 Å². The third-order valence-electron chi connectivity index (χ3n) is 4.30. The van der Waals surface area contributed by atoms with Crippen LogP contribution in [0.3, 0.4) is 0 Å². The second-order valence-electron chi connectivity index (χ2n) is 6.70. The van der Waals surface area contributed by atoms with Crippen molar-refractivity contribution in [3.8, 4) is 5.75 Å². The van der Waals surface area contributed by atoms with Crippen LogP contribution in [0.1, 0.15) is 18.6 Å². The number of hydrogen-bond acceptors (Lipinski definition) is 5. The van der Waals surface area contributed by atoms with Gasteiger partial charge in [-0.2, -0.15) is 0 Å². The number of aliphatic hydroxyl groups is 1. The topological polar surface area (TPSA) is 124 Å². The lowest BCUT2D eigenvalue weighted by Gasteiger charge is -2.18. The average Bonchev–Trinajstić information content (AvgIpc) is 2.66. The molecule has 2 aromatic carbocycles. The predicted molar refractivity (Wildman–Crippen MR) is 105 cm³/mol. The average molecular weight is 409 g/mol. The zero-order valence-corrected chi connectivity index (χ0v) is 16.8. The van der Waals surface area contributed by atoms with Crippen LogP contribution in [0.15, 0.2) is 53.4 Å². The van der Waals surface area contributed by atoms with Crippen LogP contribution in [0.4, 0.5) is 5.69 Å². The minimum absolute atomic E-state index is 0.0565. The van der Waals surface area contributed by atoms with E-state index in [0.717, 1.165) is 4.31 Å². The van der Waals surface area contributed by atoms with Gasteiger partial charge in [0.05, 0.1) is 4.90 Å². The first kappa shape index (κ1) is 21.8. The summed E-state index contributed by atoms with van der Waals surface area (Å²) in [7, 11) is -0.701. The molecular weight excluding hydrogens is 382 g/mol. The molecule has 2 rings (SSSR count). The predicted octanol–water partition coefficient (Wildman–Crippen LogP) is 0.267. The Bertz CT molecular complexity index is 913. The second kappa shape index (κ2) is 9.16. The molecule has 0 unspecified atom stereocenters. The van der Waals surface area contributed by atoms with Crippen LogP contribution >= 0.6 is 0 Å². The molecule has 152 valence electrons. The summed E-state index contributed by atoms with van der Waals surface area (Å²) in [6, 6.07) is 12.0. The highest BCUT2D eigenvalue weighted by atomic mass is 32.2. The number of phenols is 1. The van der Waals surface area contributed by atoms with Crippen LogP contribution in [0, 0.1) is 0 Å². The summed E-state index contributed by atoms with van der Waals surface area (Å²) in [5.74, 6) is -0.199. The number of benzene rings is 2. The van der Waals surface area contributed by atoms with Gasteiger partial charge in [0.15, 0.2) is 6.54 Å². The third kappa shape index (κ3) is 5.52. The number of nitrogens with zero attached hydrogens (tertiary/aromatic N) is 1. The van der Waals surface area contributed by atoms with E-state index in [-0.39, 0.29) is 29.1 Å². The molecular formula is C19H26N3O5S+. The Morgan fingerprint density at radius 2 is 1.82 bits per heavy atom. The molecule has 0 bridgehead atoms. The number of nitrogens with one attached hydrogen (secondary N) is 1. The van der Waals surface area contributed by atoms with Gasteiger partial charge in [0.2, 0.25) is 10.0 Å². The quantitative estimate of drug-likeness (QED) is 0.499. The number of nitrogens with two attached hydrogens (primary N) is 1. The van der Waals surface area contributed by atoms with Crippen LogP contribution in [-0.2, 0) is 14.8 Å². The van der Waals surface area contributed by atoms with Crippen LogP contribution in [0.5, 0.6) is 5.75 Å². The van der Waals surface area contributed by atoms with Crippen molar-refractivity contribution < 1.29 is 28.7 Å². The maximum absolute atomic E-state index is 12.2. The molecule has 2 atom stereocenters. The van der Waals surface area contributed by atoms with Crippen molar-refractivity contribution in [3.05, 3.63) is 54.1 Å². The first-order chi connectivity index (χ1) is 13.1. The number of phenolic OH excluding ortho intramolecular Hbond substituents is 1. The van der Waals surface area contributed by atoms with Gasteiger partial charge in [0.25, 0.3) is 5.91 Å². The number of sulfonamides is 1. The highest BCUT2D eigenvalue weighted by Crippen LogP contribution is 2.19. The molecule has 8 nitrogen and oxygen atoms in total. The van der Waals surface area contributed by atoms with Gasteiger partial charge in [-0.05, 0) is 42.8 Å². The molecule has 0 aliphatic rings. The fraction of sp³-hybridized carbons (Fsp3) is 0.316. The molecule has 0 fully saturated rings. The van der Waals surface area contributed by atoms with E-state index in [1.54, 1.807) is 36.5 Å². The first-order valence-corrected chi connectivity index (χ1v) is 10.2. The minimum Gasteiger partial charge on any atom is -0.508 e. The highest BCUT2D eigenvalue weighted by molar-refractivity contribution is 7.89. The number of aliphatic hydroxyl groups excluding tert-OH is 1. The van der Waals surface area contributed by atoms with Crippen LogP contribution in [-0.4, -0.2) is 55.5 Å². The Morgan fingerprint density at radius 3 is 2.43 bits per heavy atom. The molecule has 0 heterocycles. The normalized spacial score (nSPS) is 13.9. The zero-order valence-electron chi connectivity index (χ0n) is 16.0. The largest absolute Gasteiger partial charge is 0.508 e. The zero-order chi connectivity index (χ0) is 20.9. The molecule has 0 aliphatic heterocycles. The molecule has 9 heteroatoms. The molecule has 2 aromatic rings. The summed E-state index contributed by atoms with van der Waals surface area (Å²) in [5, 5.41) is 24.0. The monoisotopic (exact) mass is 408 g/mol. The molecule has 0 spiro atoms. The standard InChI is InChI=1S/C19H25N3O5S/c1-13(19(25)14-7-9-16(23)10-8-14)20-12-18(24)21-15-5-4-6-17(11-15)28(26,27)22(2)3/h4-11,13,19-20,23,25H,12H2,1-3H3,(H,21,24)/p+1/t13-,19-/m1/s1. The van der Waals surface area contributed by atoms with Gasteiger partial charge >= 0.3 is 0 Å². The molecule has 28 heavy (non-hydrogen) atoms. The molecule has 0 saturated heterocycles. The van der Waals surface area contributed by atoms with Gasteiger partial charge in [-0.3, -0.25) is 4.79 Å². The van der Waals surface area contributed by atoms with Gasteiger partial charge in [-0.25, -0.2) is 12.7 Å². The Morgan fingerprint density at radius 1 is 1.18 bits per heavy atom. The van der Waals surface area contributed by atoms with Crippen molar-refractivity contribution in [1.82, 2.24) is 4.31 Å². The Balaban J connectivity index is 1.94. The molecule has 5 N–H and O–H groups in total. The molecule has 1 amide bonds. The summed E-state index contributed by atoms with van der Waals surface area (Å²) >= 11 is 0. The smallest absolute Gasteiger partial charge is 0.279 e. The Hall–Kier alpha value is -2.46. The second-order valence-corrected chi connectivity index (χ2v) is 8.85. The number of amides is 1. The van der Waals surface area contributed by atoms with E-state index in [2.05, 4.69) is 5.32 Å². The number of carbonyl (C=O) groups excluding carboxylic acids is 1. The lowest BCUT2D eigenvalue weighted by Crippen LogP contribution is -2.92. The number of aromatic hydroxyl groups is 1. The van der Waals surface area contributed by atoms with E-state index in [1.165, 1.54) is 38.4 Å². The van der Waals surface area contributed by atoms with Gasteiger partial charge < -0.3 is 20.8 Å². The Kier molecular flexibility index (Phi) is 7.14. The molecule has 0 saturated carbocycles. The van der Waals surface area contributed by atoms with E-state index in [9.17, 15) is 23.4 Å².